The molecule has 2 aromatic carbocycles. The number of hydrogen-bond acceptors (Lipinski definition) is 3. The van der Waals surface area contributed by atoms with Crippen LogP contribution in [0.25, 0.3) is 0 Å². The average Bonchev–Trinajstić information content (AvgIpc) is 2.51. The lowest BCUT2D eigenvalue weighted by Gasteiger charge is -2.14. The Labute approximate surface area is 134 Å². The van der Waals surface area contributed by atoms with Crippen molar-refractivity contribution < 1.29 is 18.6 Å². The molecule has 0 aliphatic heterocycles. The Morgan fingerprint density at radius 2 is 1.74 bits per heavy atom. The molecule has 0 bridgehead atoms. The van der Waals surface area contributed by atoms with Gasteiger partial charge in [-0.3, -0.25) is 0 Å². The summed E-state index contributed by atoms with van der Waals surface area (Å²) in [6.45, 7) is 4.56. The summed E-state index contributed by atoms with van der Waals surface area (Å²) in [6, 6.07) is 11.0. The van der Waals surface area contributed by atoms with E-state index in [2.05, 4.69) is 5.32 Å². The van der Waals surface area contributed by atoms with Gasteiger partial charge in [0, 0.05) is 13.1 Å². The van der Waals surface area contributed by atoms with Crippen LogP contribution in [0.5, 0.6) is 5.75 Å². The number of nitrogens with one attached hydrogen (secondary N) is 1. The topological polar surface area (TPSA) is 41.5 Å². The predicted molar refractivity (Wildman–Crippen MR) is 85.2 cm³/mol. The van der Waals surface area contributed by atoms with Crippen LogP contribution in [-0.4, -0.2) is 17.8 Å². The van der Waals surface area contributed by atoms with Crippen molar-refractivity contribution in [2.75, 3.05) is 6.54 Å². The van der Waals surface area contributed by atoms with Gasteiger partial charge in [0.05, 0.1) is 12.2 Å². The molecule has 3 nitrogen and oxygen atoms in total. The molecule has 23 heavy (non-hydrogen) atoms. The summed E-state index contributed by atoms with van der Waals surface area (Å²) in [5.41, 5.74) is 1.38. The maximum Gasteiger partial charge on any atom is 0.159 e. The highest BCUT2D eigenvalue weighted by atomic mass is 19.2. The van der Waals surface area contributed by atoms with Gasteiger partial charge in [0.15, 0.2) is 11.6 Å². The summed E-state index contributed by atoms with van der Waals surface area (Å²) in [5.74, 6) is -0.978. The van der Waals surface area contributed by atoms with Crippen LogP contribution in [0.2, 0.25) is 0 Å². The minimum atomic E-state index is -0.870. The van der Waals surface area contributed by atoms with Crippen molar-refractivity contribution in [3.8, 4) is 5.75 Å². The Morgan fingerprint density at radius 1 is 1.04 bits per heavy atom. The molecule has 0 unspecified atom stereocenters. The monoisotopic (exact) mass is 321 g/mol. The smallest absolute Gasteiger partial charge is 0.159 e. The Bertz CT molecular complexity index is 629. The first kappa shape index (κ1) is 17.4. The highest BCUT2D eigenvalue weighted by molar-refractivity contribution is 5.29. The highest BCUT2D eigenvalue weighted by Crippen LogP contribution is 2.18. The first-order chi connectivity index (χ1) is 11.0. The van der Waals surface area contributed by atoms with Crippen LogP contribution in [0.1, 0.15) is 31.1 Å². The van der Waals surface area contributed by atoms with Crippen LogP contribution in [0.15, 0.2) is 42.5 Å². The molecule has 0 heterocycles. The lowest BCUT2D eigenvalue weighted by atomic mass is 10.1. The molecule has 124 valence electrons. The Balaban J connectivity index is 1.84. The molecular formula is C18H21F2NO2. The zero-order valence-electron chi connectivity index (χ0n) is 13.2. The molecule has 5 heteroatoms. The molecule has 0 radical (unpaired) electrons. The van der Waals surface area contributed by atoms with Crippen LogP contribution in [0.3, 0.4) is 0 Å². The largest absolute Gasteiger partial charge is 0.491 e. The number of aliphatic hydroxyl groups excluding tert-OH is 1. The zero-order valence-corrected chi connectivity index (χ0v) is 13.2. The van der Waals surface area contributed by atoms with Gasteiger partial charge in [0.2, 0.25) is 0 Å². The Morgan fingerprint density at radius 3 is 2.35 bits per heavy atom. The van der Waals surface area contributed by atoms with Crippen LogP contribution in [0, 0.1) is 11.6 Å². The van der Waals surface area contributed by atoms with Crippen LogP contribution < -0.4 is 10.1 Å². The molecule has 0 saturated heterocycles. The lowest BCUT2D eigenvalue weighted by Crippen LogP contribution is -2.21. The van der Waals surface area contributed by atoms with E-state index < -0.39 is 17.7 Å². The minimum absolute atomic E-state index is 0.101. The summed E-state index contributed by atoms with van der Waals surface area (Å²) in [4.78, 5) is 0. The van der Waals surface area contributed by atoms with Gasteiger partial charge in [-0.25, -0.2) is 8.78 Å². The third kappa shape index (κ3) is 5.30. The van der Waals surface area contributed by atoms with Crippen molar-refractivity contribution in [3.63, 3.8) is 0 Å². The van der Waals surface area contributed by atoms with Gasteiger partial charge in [-0.15, -0.1) is 0 Å². The van der Waals surface area contributed by atoms with E-state index in [1.54, 1.807) is 0 Å². The first-order valence-corrected chi connectivity index (χ1v) is 7.55. The van der Waals surface area contributed by atoms with Crippen LogP contribution in [0.4, 0.5) is 8.78 Å². The summed E-state index contributed by atoms with van der Waals surface area (Å²) in [7, 11) is 0. The lowest BCUT2D eigenvalue weighted by molar-refractivity contribution is 0.174. The number of halogens is 2. The van der Waals surface area contributed by atoms with Gasteiger partial charge in [-0.1, -0.05) is 18.2 Å². The predicted octanol–water partition coefficient (Wildman–Crippen LogP) is 3.58. The third-order valence-corrected chi connectivity index (χ3v) is 3.29. The van der Waals surface area contributed by atoms with E-state index in [1.165, 1.54) is 6.07 Å². The second-order valence-corrected chi connectivity index (χ2v) is 5.63. The fourth-order valence-corrected chi connectivity index (χ4v) is 2.16. The molecule has 0 aliphatic carbocycles. The molecule has 0 aliphatic rings. The second-order valence-electron chi connectivity index (χ2n) is 5.63. The number of hydrogen-bond donors (Lipinski definition) is 2. The number of benzene rings is 2. The Hall–Kier alpha value is -1.98. The summed E-state index contributed by atoms with van der Waals surface area (Å²) < 4.78 is 31.5. The standard InChI is InChI=1S/C18H21F2NO2/c1-12(2)23-15-6-4-14(5-7-15)18(22)11-21-10-13-3-8-16(19)17(20)9-13/h3-9,12,18,21-22H,10-11H2,1-2H3/t18-/m0/s1. The molecule has 2 aromatic rings. The van der Waals surface area contributed by atoms with E-state index in [-0.39, 0.29) is 6.10 Å². The van der Waals surface area contributed by atoms with Crippen LogP contribution >= 0.6 is 0 Å². The van der Waals surface area contributed by atoms with E-state index >= 15 is 0 Å². The molecule has 1 atom stereocenters. The molecule has 0 amide bonds. The summed E-state index contributed by atoms with van der Waals surface area (Å²) in [6.07, 6.45) is -0.586. The van der Waals surface area contributed by atoms with Crippen molar-refractivity contribution in [2.24, 2.45) is 0 Å². The zero-order chi connectivity index (χ0) is 16.8. The summed E-state index contributed by atoms with van der Waals surface area (Å²) in [5, 5.41) is 13.2. The van der Waals surface area contributed by atoms with E-state index in [9.17, 15) is 13.9 Å². The maximum atomic E-state index is 13.1. The van der Waals surface area contributed by atoms with Gasteiger partial charge in [-0.05, 0) is 49.2 Å². The van der Waals surface area contributed by atoms with Crippen molar-refractivity contribution in [1.29, 1.82) is 0 Å². The molecule has 0 saturated carbocycles. The Kier molecular flexibility index (Phi) is 6.07. The van der Waals surface area contributed by atoms with Gasteiger partial charge in [-0.2, -0.15) is 0 Å². The fourth-order valence-electron chi connectivity index (χ4n) is 2.16. The second kappa shape index (κ2) is 8.04. The van der Waals surface area contributed by atoms with Crippen molar-refractivity contribution in [3.05, 3.63) is 65.2 Å². The van der Waals surface area contributed by atoms with Crippen LogP contribution in [-0.2, 0) is 6.54 Å². The average molecular weight is 321 g/mol. The number of aliphatic hydroxyl groups is 1. The third-order valence-electron chi connectivity index (χ3n) is 3.29. The van der Waals surface area contributed by atoms with E-state index in [0.717, 1.165) is 23.4 Å². The highest BCUT2D eigenvalue weighted by Gasteiger charge is 2.08. The van der Waals surface area contributed by atoms with Gasteiger partial charge < -0.3 is 15.2 Å². The van der Waals surface area contributed by atoms with Gasteiger partial charge >= 0.3 is 0 Å². The molecule has 2 rings (SSSR count). The summed E-state index contributed by atoms with van der Waals surface area (Å²) >= 11 is 0. The van der Waals surface area contributed by atoms with Crippen molar-refractivity contribution in [1.82, 2.24) is 5.32 Å². The molecule has 0 fully saturated rings. The minimum Gasteiger partial charge on any atom is -0.491 e. The fraction of sp³-hybridized carbons (Fsp3) is 0.333. The van der Waals surface area contributed by atoms with E-state index in [1.807, 2.05) is 38.1 Å². The SMILES string of the molecule is CC(C)Oc1ccc([C@@H](O)CNCc2ccc(F)c(F)c2)cc1. The van der Waals surface area contributed by atoms with Gasteiger partial charge in [0.25, 0.3) is 0 Å². The quantitative estimate of drug-likeness (QED) is 0.819. The van der Waals surface area contributed by atoms with E-state index in [4.69, 9.17) is 4.74 Å². The number of ether oxygens (including phenoxy) is 1. The first-order valence-electron chi connectivity index (χ1n) is 7.55. The van der Waals surface area contributed by atoms with Gasteiger partial charge in [0.1, 0.15) is 5.75 Å². The maximum absolute atomic E-state index is 13.1. The molecular weight excluding hydrogens is 300 g/mol. The number of rotatable bonds is 7. The molecule has 0 aromatic heterocycles. The molecule has 0 spiro atoms. The van der Waals surface area contributed by atoms with E-state index in [0.29, 0.717) is 18.7 Å². The van der Waals surface area contributed by atoms with Crippen molar-refractivity contribution in [2.45, 2.75) is 32.6 Å². The van der Waals surface area contributed by atoms with Crippen molar-refractivity contribution >= 4 is 0 Å². The molecule has 2 N–H and O–H groups in total. The normalized spacial score (nSPS) is 12.4.